The molecule has 6 aromatic carbocycles. The van der Waals surface area contributed by atoms with E-state index in [1.54, 1.807) is 29.2 Å². The summed E-state index contributed by atoms with van der Waals surface area (Å²) in [4.78, 5) is 105. The van der Waals surface area contributed by atoms with Crippen LogP contribution in [0, 0.1) is 33.8 Å². The minimum atomic E-state index is -2.26. The van der Waals surface area contributed by atoms with Crippen LogP contribution >= 0.6 is 0 Å². The molecule has 1 spiro atoms. The largest absolute Gasteiger partial charge is 0.508 e. The maximum atomic E-state index is 16.8. The highest BCUT2D eigenvalue weighted by molar-refractivity contribution is 6.23. The maximum absolute atomic E-state index is 16.8. The number of rotatable bonds is 12. The van der Waals surface area contributed by atoms with Crippen molar-refractivity contribution in [2.24, 2.45) is 11.8 Å². The average molecular weight is 1070 g/mol. The number of fused-ring (bicyclic) bond motifs is 4. The molecule has 2 saturated heterocycles. The van der Waals surface area contributed by atoms with E-state index in [0.717, 1.165) is 30.2 Å². The Morgan fingerprint density at radius 1 is 0.772 bits per heavy atom. The number of esters is 3. The Hall–Kier alpha value is -9.54. The first kappa shape index (κ1) is 52.9. The molecule has 0 bridgehead atoms. The van der Waals surface area contributed by atoms with Gasteiger partial charge in [0.15, 0.2) is 17.4 Å². The number of carbonyl (C=O) groups excluding carboxylic acids is 6. The number of methoxy groups -OCH3 is 4. The molecule has 402 valence electrons. The van der Waals surface area contributed by atoms with Crippen molar-refractivity contribution < 1.29 is 67.2 Å². The van der Waals surface area contributed by atoms with Gasteiger partial charge in [0.05, 0.1) is 57.1 Å². The third-order valence-corrected chi connectivity index (χ3v) is 15.2. The zero-order valence-electron chi connectivity index (χ0n) is 43.2. The number of amides is 3. The molecule has 1 N–H and O–H groups in total. The minimum absolute atomic E-state index is 0.0105. The van der Waals surface area contributed by atoms with Gasteiger partial charge >= 0.3 is 24.0 Å². The van der Waals surface area contributed by atoms with Crippen molar-refractivity contribution in [1.82, 2.24) is 9.80 Å². The number of hydrogen-bond acceptors (Lipinski definition) is 16. The van der Waals surface area contributed by atoms with Crippen LogP contribution in [-0.2, 0) is 67.9 Å². The number of phenols is 1. The number of ether oxygens (including phenoxy) is 6. The Labute approximate surface area is 453 Å². The fourth-order valence-corrected chi connectivity index (χ4v) is 11.6. The van der Waals surface area contributed by atoms with Crippen LogP contribution in [0.15, 0.2) is 140 Å². The molecule has 6 atom stereocenters. The van der Waals surface area contributed by atoms with E-state index in [0.29, 0.717) is 40.2 Å². The van der Waals surface area contributed by atoms with Gasteiger partial charge in [0.2, 0.25) is 11.8 Å². The van der Waals surface area contributed by atoms with E-state index in [-0.39, 0.29) is 47.8 Å². The van der Waals surface area contributed by atoms with Crippen LogP contribution < -0.4 is 14.4 Å². The van der Waals surface area contributed by atoms with Crippen molar-refractivity contribution in [2.75, 3.05) is 39.9 Å². The predicted octanol–water partition coefficient (Wildman–Crippen LogP) is 7.61. The molecular weight excluding hydrogens is 1020 g/mol. The number of benzene rings is 6. The smallest absolute Gasteiger partial charge is 0.421 e. The van der Waals surface area contributed by atoms with Crippen molar-refractivity contribution in [2.45, 2.75) is 55.6 Å². The van der Waals surface area contributed by atoms with E-state index in [1.807, 2.05) is 71.6 Å². The van der Waals surface area contributed by atoms with Crippen LogP contribution in [0.1, 0.15) is 69.1 Å². The number of non-ortho nitro benzene ring substituents is 1. The van der Waals surface area contributed by atoms with E-state index in [2.05, 4.69) is 11.8 Å². The first-order chi connectivity index (χ1) is 38.2. The number of aromatic hydroxyl groups is 1. The van der Waals surface area contributed by atoms with Gasteiger partial charge in [-0.2, -0.15) is 0 Å². The van der Waals surface area contributed by atoms with Gasteiger partial charge in [-0.15, -0.1) is 0 Å². The number of imide groups is 1. The summed E-state index contributed by atoms with van der Waals surface area (Å²) in [5.74, 6) is -0.584. The van der Waals surface area contributed by atoms with Gasteiger partial charge in [0.25, 0.3) is 5.69 Å². The van der Waals surface area contributed by atoms with E-state index in [4.69, 9.17) is 28.4 Å². The molecule has 6 aromatic rings. The Morgan fingerprint density at radius 2 is 1.41 bits per heavy atom. The second kappa shape index (κ2) is 21.8. The number of cyclic esters (lactones) is 1. The summed E-state index contributed by atoms with van der Waals surface area (Å²) in [5.41, 5.74) is 1.45. The zero-order valence-corrected chi connectivity index (χ0v) is 43.2. The van der Waals surface area contributed by atoms with Gasteiger partial charge in [0, 0.05) is 37.2 Å². The Balaban J connectivity index is 1.23. The van der Waals surface area contributed by atoms with Gasteiger partial charge in [-0.05, 0) is 100.0 Å². The van der Waals surface area contributed by atoms with Crippen molar-refractivity contribution >= 4 is 47.2 Å². The number of phenolic OH excluding ortho intramolecular Hbond substituents is 1. The second-order valence-corrected chi connectivity index (χ2v) is 19.3. The normalized spacial score (nSPS) is 20.9. The monoisotopic (exact) mass is 1070 g/mol. The standard InChI is InChI=1S/C60H52N4O15/c1-74-47-31-40-28-29-61(33-41(40)32-48(47)75-2)54(66)49-51-57(69)79-52(38-15-9-6-10-16-38)50(37-13-7-5-8-14-37)63(51)53(39-21-25-43(65)26-22-39)60(49)45-30-35(12-11-17-44(55(67)76-3)56(68)77-4)20-27-46(45)62(58(60)70)59(71)78-34-36-18-23-42(24-19-36)64(72)73/h5-10,13-16,18-27,30-32,44,49-53,65H,17,28-29,33-34H2,1-4H3/t49-,50-,51-,52+,53+,60-/m0/s1. The third-order valence-electron chi connectivity index (χ3n) is 15.2. The SMILES string of the molecule is COC(=O)C(CC#Cc1ccc2c(c1)[C@]1(C(=O)N2C(=O)OCc2ccc([N+](=O)[O-])cc2)[C@H](C(=O)N2CCc3cc(OC)c(OC)cc3C2)[C@H]2C(=O)O[C@H](c3ccccc3)[C@H](c3ccccc3)N2[C@@H]1c1ccc(O)cc1)C(=O)OC. The van der Waals surface area contributed by atoms with Gasteiger partial charge in [0.1, 0.15) is 29.9 Å². The number of nitro benzene ring substituents is 1. The van der Waals surface area contributed by atoms with Crippen LogP contribution in [0.3, 0.4) is 0 Å². The lowest BCUT2D eigenvalue weighted by molar-refractivity contribution is -0.384. The van der Waals surface area contributed by atoms with E-state index in [1.165, 1.54) is 62.8 Å². The molecule has 0 aliphatic carbocycles. The predicted molar refractivity (Wildman–Crippen MR) is 281 cm³/mol. The zero-order chi connectivity index (χ0) is 55.7. The Morgan fingerprint density at radius 3 is 2.03 bits per heavy atom. The van der Waals surface area contributed by atoms with E-state index in [9.17, 15) is 24.8 Å². The van der Waals surface area contributed by atoms with Crippen molar-refractivity contribution in [3.8, 4) is 29.1 Å². The number of carbonyl (C=O) groups is 6. The first-order valence-electron chi connectivity index (χ1n) is 25.2. The summed E-state index contributed by atoms with van der Waals surface area (Å²) in [5, 5.41) is 22.4. The van der Waals surface area contributed by atoms with Crippen molar-refractivity contribution in [3.63, 3.8) is 0 Å². The molecule has 0 radical (unpaired) electrons. The van der Waals surface area contributed by atoms with Crippen LogP contribution in [0.2, 0.25) is 0 Å². The number of nitrogens with zero attached hydrogens (tertiary/aromatic N) is 4. The second-order valence-electron chi connectivity index (χ2n) is 19.3. The fourth-order valence-electron chi connectivity index (χ4n) is 11.6. The van der Waals surface area contributed by atoms with Crippen LogP contribution in [0.25, 0.3) is 0 Å². The van der Waals surface area contributed by atoms with Crippen LogP contribution in [-0.4, -0.2) is 96.7 Å². The van der Waals surface area contributed by atoms with Crippen molar-refractivity contribution in [3.05, 3.63) is 194 Å². The molecule has 2 fully saturated rings. The molecule has 4 aliphatic heterocycles. The third kappa shape index (κ3) is 9.39. The molecule has 79 heavy (non-hydrogen) atoms. The number of anilines is 1. The molecule has 4 heterocycles. The topological polar surface area (TPSA) is 231 Å². The van der Waals surface area contributed by atoms with Gasteiger partial charge in [-0.25, -0.2) is 9.69 Å². The lowest BCUT2D eigenvalue weighted by Crippen LogP contribution is -2.57. The number of nitro groups is 1. The molecule has 0 unspecified atom stereocenters. The number of morpholine rings is 1. The molecule has 3 amide bonds. The molecule has 19 heteroatoms. The maximum Gasteiger partial charge on any atom is 0.421 e. The minimum Gasteiger partial charge on any atom is -0.508 e. The van der Waals surface area contributed by atoms with Gasteiger partial charge < -0.3 is 38.4 Å². The molecule has 10 rings (SSSR count). The lowest BCUT2D eigenvalue weighted by Gasteiger charge is -2.46. The Bertz CT molecular complexity index is 3440. The summed E-state index contributed by atoms with van der Waals surface area (Å²) >= 11 is 0. The molecule has 4 aliphatic rings. The Kier molecular flexibility index (Phi) is 14.6. The van der Waals surface area contributed by atoms with Gasteiger partial charge in [-0.1, -0.05) is 84.6 Å². The average Bonchev–Trinajstić information content (AvgIpc) is 2.30. The summed E-state index contributed by atoms with van der Waals surface area (Å²) < 4.78 is 33.5. The first-order valence-corrected chi connectivity index (χ1v) is 25.2. The van der Waals surface area contributed by atoms with Crippen LogP contribution in [0.5, 0.6) is 17.2 Å². The number of hydrogen-bond donors (Lipinski definition) is 1. The summed E-state index contributed by atoms with van der Waals surface area (Å²) in [6.45, 7) is -0.296. The van der Waals surface area contributed by atoms with E-state index >= 15 is 19.2 Å². The summed E-state index contributed by atoms with van der Waals surface area (Å²) in [7, 11) is 5.27. The highest BCUT2D eigenvalue weighted by Crippen LogP contribution is 2.66. The molecular formula is C60H52N4O15. The van der Waals surface area contributed by atoms with Crippen LogP contribution in [0.4, 0.5) is 16.2 Å². The molecule has 19 nitrogen and oxygen atoms in total. The molecule has 0 saturated carbocycles. The molecule has 0 aromatic heterocycles. The highest BCUT2D eigenvalue weighted by Gasteiger charge is 2.76. The van der Waals surface area contributed by atoms with E-state index < -0.39 is 88.8 Å². The summed E-state index contributed by atoms with van der Waals surface area (Å²) in [6, 6.07) is 34.1. The quantitative estimate of drug-likeness (QED) is 0.0310. The lowest BCUT2D eigenvalue weighted by atomic mass is 9.64. The van der Waals surface area contributed by atoms with Gasteiger partial charge in [-0.3, -0.25) is 39.0 Å². The summed E-state index contributed by atoms with van der Waals surface area (Å²) in [6.07, 6.45) is -2.20. The fraction of sp³-hybridized carbons (Fsp3) is 0.267. The van der Waals surface area contributed by atoms with Crippen molar-refractivity contribution in [1.29, 1.82) is 0 Å². The highest BCUT2D eigenvalue weighted by atomic mass is 16.6.